The summed E-state index contributed by atoms with van der Waals surface area (Å²) in [6.45, 7) is 3.04. The molecule has 5 heteroatoms. The third-order valence-electron chi connectivity index (χ3n) is 2.07. The van der Waals surface area contributed by atoms with Crippen molar-refractivity contribution in [3.8, 4) is 0 Å². The van der Waals surface area contributed by atoms with Gasteiger partial charge in [0.2, 0.25) is 0 Å². The number of alkyl halides is 3. The molecule has 0 heterocycles. The first-order valence-corrected chi connectivity index (χ1v) is 5.18. The topological polar surface area (TPSA) is 46.2 Å². The summed E-state index contributed by atoms with van der Waals surface area (Å²) in [4.78, 5) is 0. The van der Waals surface area contributed by atoms with E-state index in [1.807, 2.05) is 0 Å². The molecule has 3 N–H and O–H groups in total. The average Bonchev–Trinajstić information content (AvgIpc) is 2.01. The Bertz CT molecular complexity index is 162. The molecule has 0 aromatic carbocycles. The van der Waals surface area contributed by atoms with Gasteiger partial charge in [0, 0.05) is 0 Å². The number of rotatable bonds is 0. The molecule has 15 heavy (non-hydrogen) atoms. The maximum atomic E-state index is 11.9. The molecule has 1 aliphatic rings. The van der Waals surface area contributed by atoms with Gasteiger partial charge in [-0.3, -0.25) is 0 Å². The number of nitrogens with two attached hydrogens (primary N) is 1. The van der Waals surface area contributed by atoms with Crippen LogP contribution in [0.2, 0.25) is 0 Å². The standard InChI is InChI=1S/C7H11F3.C3H9NO/c8-7(9,10)6-4-2-1-3-5-6;1-3(2,4)5/h6H,1-5H2;5H,4H2,1-2H3. The monoisotopic (exact) mass is 227 g/mol. The van der Waals surface area contributed by atoms with E-state index in [-0.39, 0.29) is 0 Å². The highest BCUT2D eigenvalue weighted by Gasteiger charge is 2.39. The van der Waals surface area contributed by atoms with E-state index in [1.165, 1.54) is 13.8 Å². The molecule has 1 aliphatic carbocycles. The van der Waals surface area contributed by atoms with Crippen LogP contribution in [0, 0.1) is 5.92 Å². The van der Waals surface area contributed by atoms with Crippen LogP contribution < -0.4 is 5.73 Å². The highest BCUT2D eigenvalue weighted by molar-refractivity contribution is 4.71. The molecule has 0 bridgehead atoms. The molecule has 0 spiro atoms. The normalized spacial score (nSPS) is 19.4. The molecule has 0 aliphatic heterocycles. The molecule has 92 valence electrons. The quantitative estimate of drug-likeness (QED) is 0.625. The summed E-state index contributed by atoms with van der Waals surface area (Å²) in [5.41, 5.74) is 3.91. The van der Waals surface area contributed by atoms with Gasteiger partial charge >= 0.3 is 6.18 Å². The maximum absolute atomic E-state index is 11.9. The molecule has 0 unspecified atom stereocenters. The van der Waals surface area contributed by atoms with Crippen molar-refractivity contribution >= 4 is 0 Å². The summed E-state index contributed by atoms with van der Waals surface area (Å²) in [6.07, 6.45) is -0.742. The Morgan fingerprint density at radius 2 is 1.40 bits per heavy atom. The van der Waals surface area contributed by atoms with Crippen molar-refractivity contribution in [3.05, 3.63) is 0 Å². The summed E-state index contributed by atoms with van der Waals surface area (Å²) >= 11 is 0. The van der Waals surface area contributed by atoms with Gasteiger partial charge in [-0.25, -0.2) is 0 Å². The Kier molecular flexibility index (Phi) is 5.59. The SMILES string of the molecule is CC(C)(N)O.FC(F)(F)C1CCCCC1. The van der Waals surface area contributed by atoms with Crippen LogP contribution in [0.3, 0.4) is 0 Å². The van der Waals surface area contributed by atoms with Gasteiger partial charge in [-0.05, 0) is 26.7 Å². The minimum atomic E-state index is -3.93. The third-order valence-corrected chi connectivity index (χ3v) is 2.07. The van der Waals surface area contributed by atoms with E-state index in [2.05, 4.69) is 0 Å². The number of hydrogen-bond acceptors (Lipinski definition) is 2. The van der Waals surface area contributed by atoms with Crippen molar-refractivity contribution < 1.29 is 18.3 Å². The van der Waals surface area contributed by atoms with Gasteiger partial charge in [-0.1, -0.05) is 19.3 Å². The second-order valence-electron chi connectivity index (χ2n) is 4.53. The highest BCUT2D eigenvalue weighted by Crippen LogP contribution is 2.37. The second-order valence-corrected chi connectivity index (χ2v) is 4.53. The Hall–Kier alpha value is -0.290. The Morgan fingerprint density at radius 1 is 1.07 bits per heavy atom. The van der Waals surface area contributed by atoms with Gasteiger partial charge in [0.05, 0.1) is 5.92 Å². The summed E-state index contributed by atoms with van der Waals surface area (Å²) in [5.74, 6) is -0.999. The van der Waals surface area contributed by atoms with Crippen LogP contribution in [0.1, 0.15) is 46.0 Å². The largest absolute Gasteiger partial charge is 0.391 e. The predicted molar refractivity (Wildman–Crippen MR) is 53.1 cm³/mol. The molecule has 0 aromatic rings. The van der Waals surface area contributed by atoms with Gasteiger partial charge < -0.3 is 10.8 Å². The van der Waals surface area contributed by atoms with Gasteiger partial charge in [0.1, 0.15) is 5.72 Å². The van der Waals surface area contributed by atoms with Gasteiger partial charge in [0.15, 0.2) is 0 Å². The number of hydrogen-bond donors (Lipinski definition) is 2. The van der Waals surface area contributed by atoms with Crippen LogP contribution in [0.4, 0.5) is 13.2 Å². The molecule has 0 aromatic heterocycles. The Labute approximate surface area is 88.7 Å². The second kappa shape index (κ2) is 5.70. The highest BCUT2D eigenvalue weighted by atomic mass is 19.4. The Morgan fingerprint density at radius 3 is 1.60 bits per heavy atom. The van der Waals surface area contributed by atoms with E-state index >= 15 is 0 Å². The van der Waals surface area contributed by atoms with Crippen LogP contribution in [-0.2, 0) is 0 Å². The van der Waals surface area contributed by atoms with E-state index in [9.17, 15) is 13.2 Å². The van der Waals surface area contributed by atoms with E-state index in [0.29, 0.717) is 12.8 Å². The average molecular weight is 227 g/mol. The molecular weight excluding hydrogens is 207 g/mol. The Balaban J connectivity index is 0.000000336. The number of aliphatic hydroxyl groups is 1. The van der Waals surface area contributed by atoms with Crippen molar-refractivity contribution in [2.24, 2.45) is 11.7 Å². The molecule has 1 saturated carbocycles. The number of halogens is 3. The van der Waals surface area contributed by atoms with Crippen LogP contribution in [0.15, 0.2) is 0 Å². The zero-order chi connectivity index (χ0) is 12.1. The van der Waals surface area contributed by atoms with Crippen molar-refractivity contribution in [2.75, 3.05) is 0 Å². The fraction of sp³-hybridized carbons (Fsp3) is 1.00. The lowest BCUT2D eigenvalue weighted by molar-refractivity contribution is -0.181. The first-order valence-electron chi connectivity index (χ1n) is 5.18. The molecule has 1 fully saturated rings. The first kappa shape index (κ1) is 14.7. The van der Waals surface area contributed by atoms with Crippen molar-refractivity contribution in [3.63, 3.8) is 0 Å². The van der Waals surface area contributed by atoms with Gasteiger partial charge in [0.25, 0.3) is 0 Å². The van der Waals surface area contributed by atoms with E-state index in [0.717, 1.165) is 19.3 Å². The smallest absolute Gasteiger partial charge is 0.377 e. The van der Waals surface area contributed by atoms with Gasteiger partial charge in [-0.2, -0.15) is 13.2 Å². The summed E-state index contributed by atoms with van der Waals surface area (Å²) < 4.78 is 35.8. The molecule has 0 radical (unpaired) electrons. The lowest BCUT2D eigenvalue weighted by atomic mass is 9.89. The fourth-order valence-electron chi connectivity index (χ4n) is 1.43. The molecule has 1 rings (SSSR count). The van der Waals surface area contributed by atoms with Crippen molar-refractivity contribution in [1.82, 2.24) is 0 Å². The van der Waals surface area contributed by atoms with Crippen LogP contribution in [0.25, 0.3) is 0 Å². The van der Waals surface area contributed by atoms with Crippen LogP contribution in [-0.4, -0.2) is 17.0 Å². The summed E-state index contributed by atoms with van der Waals surface area (Å²) in [7, 11) is 0. The third kappa shape index (κ3) is 10.0. The molecular formula is C10H20F3NO. The summed E-state index contributed by atoms with van der Waals surface area (Å²) in [6, 6.07) is 0. The fourth-order valence-corrected chi connectivity index (χ4v) is 1.43. The predicted octanol–water partition coefficient (Wildman–Crippen LogP) is 2.80. The molecule has 2 nitrogen and oxygen atoms in total. The molecule has 0 atom stereocenters. The summed E-state index contributed by atoms with van der Waals surface area (Å²) in [5, 5.41) is 8.30. The van der Waals surface area contributed by atoms with E-state index in [4.69, 9.17) is 10.8 Å². The minimum Gasteiger partial charge on any atom is -0.377 e. The maximum Gasteiger partial charge on any atom is 0.391 e. The minimum absolute atomic E-state index is 0.351. The zero-order valence-corrected chi connectivity index (χ0v) is 9.27. The lowest BCUT2D eigenvalue weighted by Crippen LogP contribution is -2.30. The van der Waals surface area contributed by atoms with Crippen LogP contribution in [0.5, 0.6) is 0 Å². The zero-order valence-electron chi connectivity index (χ0n) is 9.27. The van der Waals surface area contributed by atoms with E-state index < -0.39 is 17.8 Å². The van der Waals surface area contributed by atoms with Crippen molar-refractivity contribution in [1.29, 1.82) is 0 Å². The van der Waals surface area contributed by atoms with Crippen molar-refractivity contribution in [2.45, 2.75) is 57.9 Å². The lowest BCUT2D eigenvalue weighted by Gasteiger charge is -2.23. The van der Waals surface area contributed by atoms with Crippen LogP contribution >= 0.6 is 0 Å². The first-order chi connectivity index (χ1) is 6.61. The van der Waals surface area contributed by atoms with Gasteiger partial charge in [-0.15, -0.1) is 0 Å². The van der Waals surface area contributed by atoms with E-state index in [1.54, 1.807) is 0 Å². The molecule has 0 saturated heterocycles. The molecule has 0 amide bonds.